The Bertz CT molecular complexity index is 571. The minimum atomic E-state index is 0.555. The fourth-order valence-corrected chi connectivity index (χ4v) is 3.33. The number of benzene rings is 1. The van der Waals surface area contributed by atoms with E-state index in [1.807, 2.05) is 19.1 Å². The smallest absolute Gasteiger partial charge is 0.166 e. The zero-order chi connectivity index (χ0) is 15.1. The molecule has 2 rings (SSSR count). The molecule has 0 saturated heterocycles. The van der Waals surface area contributed by atoms with Gasteiger partial charge in [0.15, 0.2) is 11.5 Å². The number of hydrogen-bond donors (Lipinski definition) is 1. The molecule has 0 saturated carbocycles. The Labute approximate surface area is 138 Å². The van der Waals surface area contributed by atoms with Crippen LogP contribution in [0.1, 0.15) is 24.3 Å². The van der Waals surface area contributed by atoms with Gasteiger partial charge in [-0.15, -0.1) is 11.3 Å². The number of thiophene rings is 1. The fourth-order valence-electron chi connectivity index (χ4n) is 1.97. The van der Waals surface area contributed by atoms with Gasteiger partial charge in [-0.2, -0.15) is 0 Å². The quantitative estimate of drug-likeness (QED) is 0.737. The minimum Gasteiger partial charge on any atom is -0.490 e. The first kappa shape index (κ1) is 16.3. The summed E-state index contributed by atoms with van der Waals surface area (Å²) in [6.07, 6.45) is 0. The summed E-state index contributed by atoms with van der Waals surface area (Å²) in [7, 11) is 0. The normalized spacial score (nSPS) is 10.6. The third kappa shape index (κ3) is 4.73. The van der Waals surface area contributed by atoms with Crippen molar-refractivity contribution in [3.63, 3.8) is 0 Å². The van der Waals surface area contributed by atoms with E-state index in [9.17, 15) is 0 Å². The highest BCUT2D eigenvalue weighted by Gasteiger charge is 2.11. The monoisotopic (exact) mass is 369 g/mol. The van der Waals surface area contributed by atoms with E-state index in [4.69, 9.17) is 9.47 Å². The molecule has 0 aliphatic heterocycles. The van der Waals surface area contributed by atoms with Crippen LogP contribution >= 0.6 is 27.3 Å². The van der Waals surface area contributed by atoms with Crippen molar-refractivity contribution < 1.29 is 9.47 Å². The SMILES string of the molecule is CCNCc1cccc(OCC)c1OCc1cc(Br)cs1. The van der Waals surface area contributed by atoms with E-state index in [1.165, 1.54) is 4.88 Å². The van der Waals surface area contributed by atoms with E-state index < -0.39 is 0 Å². The van der Waals surface area contributed by atoms with Gasteiger partial charge in [-0.05, 0) is 41.5 Å². The van der Waals surface area contributed by atoms with Crippen molar-refractivity contribution in [1.82, 2.24) is 5.32 Å². The van der Waals surface area contributed by atoms with Gasteiger partial charge >= 0.3 is 0 Å². The van der Waals surface area contributed by atoms with Crippen LogP contribution in [-0.4, -0.2) is 13.2 Å². The molecular formula is C16H20BrNO2S. The zero-order valence-corrected chi connectivity index (χ0v) is 14.7. The molecule has 0 aliphatic rings. The van der Waals surface area contributed by atoms with Crippen LogP contribution in [0.25, 0.3) is 0 Å². The van der Waals surface area contributed by atoms with E-state index in [0.717, 1.165) is 34.6 Å². The second-order valence-corrected chi connectivity index (χ2v) is 6.39. The largest absolute Gasteiger partial charge is 0.490 e. The molecule has 1 aromatic heterocycles. The van der Waals surface area contributed by atoms with Crippen molar-refractivity contribution in [3.05, 3.63) is 44.6 Å². The molecule has 0 amide bonds. The minimum absolute atomic E-state index is 0.555. The summed E-state index contributed by atoms with van der Waals surface area (Å²) < 4.78 is 12.8. The molecule has 0 bridgehead atoms. The molecule has 0 aliphatic carbocycles. The predicted molar refractivity (Wildman–Crippen MR) is 91.3 cm³/mol. The van der Waals surface area contributed by atoms with Gasteiger partial charge in [0, 0.05) is 26.8 Å². The predicted octanol–water partition coefficient (Wildman–Crippen LogP) is 4.60. The summed E-state index contributed by atoms with van der Waals surface area (Å²) in [5.41, 5.74) is 1.12. The van der Waals surface area contributed by atoms with Crippen molar-refractivity contribution in [3.8, 4) is 11.5 Å². The summed E-state index contributed by atoms with van der Waals surface area (Å²) in [5, 5.41) is 5.40. The van der Waals surface area contributed by atoms with Gasteiger partial charge in [0.25, 0.3) is 0 Å². The van der Waals surface area contributed by atoms with Gasteiger partial charge in [0.2, 0.25) is 0 Å². The van der Waals surface area contributed by atoms with E-state index in [1.54, 1.807) is 11.3 Å². The van der Waals surface area contributed by atoms with Crippen molar-refractivity contribution in [2.45, 2.75) is 27.0 Å². The standard InChI is InChI=1S/C16H20BrNO2S/c1-3-18-9-12-6-5-7-15(19-4-2)16(12)20-10-14-8-13(17)11-21-14/h5-8,11,18H,3-4,9-10H2,1-2H3. The van der Waals surface area contributed by atoms with Crippen LogP contribution in [0.4, 0.5) is 0 Å². The van der Waals surface area contributed by atoms with Crippen LogP contribution in [0, 0.1) is 0 Å². The average molecular weight is 370 g/mol. The average Bonchev–Trinajstić information content (AvgIpc) is 2.90. The second kappa shape index (κ2) is 8.41. The zero-order valence-electron chi connectivity index (χ0n) is 12.3. The molecule has 2 aromatic rings. The van der Waals surface area contributed by atoms with Crippen LogP contribution in [0.15, 0.2) is 34.1 Å². The summed E-state index contributed by atoms with van der Waals surface area (Å²) >= 11 is 5.15. The summed E-state index contributed by atoms with van der Waals surface area (Å²) in [6.45, 7) is 6.97. The maximum absolute atomic E-state index is 6.04. The van der Waals surface area contributed by atoms with Crippen molar-refractivity contribution in [1.29, 1.82) is 0 Å². The van der Waals surface area contributed by atoms with Crippen molar-refractivity contribution >= 4 is 27.3 Å². The van der Waals surface area contributed by atoms with E-state index in [-0.39, 0.29) is 0 Å². The highest BCUT2D eigenvalue weighted by atomic mass is 79.9. The molecule has 21 heavy (non-hydrogen) atoms. The number of rotatable bonds is 8. The van der Waals surface area contributed by atoms with Crippen LogP contribution in [0.5, 0.6) is 11.5 Å². The lowest BCUT2D eigenvalue weighted by molar-refractivity contribution is 0.268. The van der Waals surface area contributed by atoms with E-state index in [2.05, 4.69) is 45.7 Å². The first-order valence-corrected chi connectivity index (χ1v) is 8.73. The number of hydrogen-bond acceptors (Lipinski definition) is 4. The molecule has 0 unspecified atom stereocenters. The maximum Gasteiger partial charge on any atom is 0.166 e. The third-order valence-electron chi connectivity index (χ3n) is 2.91. The lowest BCUT2D eigenvalue weighted by atomic mass is 10.2. The van der Waals surface area contributed by atoms with Crippen LogP contribution in [0.2, 0.25) is 0 Å². The first-order chi connectivity index (χ1) is 10.2. The Morgan fingerprint density at radius 3 is 2.76 bits per heavy atom. The first-order valence-electron chi connectivity index (χ1n) is 7.05. The molecular weight excluding hydrogens is 350 g/mol. The summed E-state index contributed by atoms with van der Waals surface area (Å²) in [5.74, 6) is 1.65. The highest BCUT2D eigenvalue weighted by Crippen LogP contribution is 2.33. The maximum atomic E-state index is 6.04. The molecule has 3 nitrogen and oxygen atoms in total. The van der Waals surface area contributed by atoms with Gasteiger partial charge in [0.05, 0.1) is 6.61 Å². The molecule has 0 atom stereocenters. The van der Waals surface area contributed by atoms with Crippen molar-refractivity contribution in [2.24, 2.45) is 0 Å². The third-order valence-corrected chi connectivity index (χ3v) is 4.58. The lowest BCUT2D eigenvalue weighted by Crippen LogP contribution is -2.13. The van der Waals surface area contributed by atoms with E-state index in [0.29, 0.717) is 13.2 Å². The Morgan fingerprint density at radius 2 is 2.10 bits per heavy atom. The molecule has 114 valence electrons. The Morgan fingerprint density at radius 1 is 1.24 bits per heavy atom. The fraction of sp³-hybridized carbons (Fsp3) is 0.375. The second-order valence-electron chi connectivity index (χ2n) is 4.48. The molecule has 1 heterocycles. The molecule has 0 spiro atoms. The van der Waals surface area contributed by atoms with Gasteiger partial charge in [-0.25, -0.2) is 0 Å². The van der Waals surface area contributed by atoms with Gasteiger partial charge in [-0.1, -0.05) is 19.1 Å². The molecule has 0 fully saturated rings. The Hall–Kier alpha value is -1.04. The lowest BCUT2D eigenvalue weighted by Gasteiger charge is -2.15. The number of nitrogens with one attached hydrogen (secondary N) is 1. The molecule has 1 N–H and O–H groups in total. The number of halogens is 1. The van der Waals surface area contributed by atoms with Crippen LogP contribution in [0.3, 0.4) is 0 Å². The summed E-state index contributed by atoms with van der Waals surface area (Å²) in [4.78, 5) is 1.18. The molecule has 5 heteroatoms. The van der Waals surface area contributed by atoms with Crippen LogP contribution in [-0.2, 0) is 13.2 Å². The van der Waals surface area contributed by atoms with Gasteiger partial charge in [-0.3, -0.25) is 0 Å². The van der Waals surface area contributed by atoms with Crippen molar-refractivity contribution in [2.75, 3.05) is 13.2 Å². The van der Waals surface area contributed by atoms with E-state index >= 15 is 0 Å². The number of ether oxygens (including phenoxy) is 2. The van der Waals surface area contributed by atoms with Gasteiger partial charge in [0.1, 0.15) is 6.61 Å². The summed E-state index contributed by atoms with van der Waals surface area (Å²) in [6, 6.07) is 8.12. The van der Waals surface area contributed by atoms with Crippen LogP contribution < -0.4 is 14.8 Å². The van der Waals surface area contributed by atoms with Gasteiger partial charge < -0.3 is 14.8 Å². The molecule has 0 radical (unpaired) electrons. The number of para-hydroxylation sites is 1. The highest BCUT2D eigenvalue weighted by molar-refractivity contribution is 9.10. The Kier molecular flexibility index (Phi) is 6.54. The molecule has 1 aromatic carbocycles. The Balaban J connectivity index is 2.16. The topological polar surface area (TPSA) is 30.5 Å².